The van der Waals surface area contributed by atoms with E-state index in [-0.39, 0.29) is 17.2 Å². The number of piperidine rings is 1. The number of anilines is 1. The van der Waals surface area contributed by atoms with Gasteiger partial charge in [0, 0.05) is 32.4 Å². The lowest BCUT2D eigenvalue weighted by molar-refractivity contribution is -0.393. The number of hydrogen-bond donors (Lipinski definition) is 0. The summed E-state index contributed by atoms with van der Waals surface area (Å²) in [4.78, 5) is 35.2. The quantitative estimate of drug-likeness (QED) is 0.432. The summed E-state index contributed by atoms with van der Waals surface area (Å²) in [5.41, 5.74) is -0.0284. The molecule has 0 radical (unpaired) electrons. The Kier molecular flexibility index (Phi) is 5.25. The van der Waals surface area contributed by atoms with Crippen LogP contribution >= 0.6 is 0 Å². The molecule has 1 aliphatic heterocycles. The number of nitro groups is 2. The van der Waals surface area contributed by atoms with Gasteiger partial charge in [-0.1, -0.05) is 0 Å². The van der Waals surface area contributed by atoms with Crippen LogP contribution in [-0.4, -0.2) is 45.8 Å². The number of carbonyl (C=O) groups is 1. The Labute approximate surface area is 159 Å². The lowest BCUT2D eigenvalue weighted by atomic mass is 9.91. The molecule has 1 aromatic carbocycles. The summed E-state index contributed by atoms with van der Waals surface area (Å²) in [6.45, 7) is 0.921. The first-order chi connectivity index (χ1) is 13.3. The van der Waals surface area contributed by atoms with Crippen LogP contribution < -0.4 is 4.90 Å². The van der Waals surface area contributed by atoms with Crippen molar-refractivity contribution in [2.45, 2.75) is 18.8 Å². The average Bonchev–Trinajstić information content (AvgIpc) is 3.12. The Morgan fingerprint density at radius 2 is 1.89 bits per heavy atom. The summed E-state index contributed by atoms with van der Waals surface area (Å²) in [6.07, 6.45) is 5.16. The number of benzene rings is 1. The van der Waals surface area contributed by atoms with Gasteiger partial charge in [0.05, 0.1) is 34.8 Å². The molecule has 0 aliphatic carbocycles. The highest BCUT2D eigenvalue weighted by Gasteiger charge is 2.33. The fraction of sp³-hybridized carbons (Fsp3) is 0.412. The van der Waals surface area contributed by atoms with Crippen LogP contribution in [0.5, 0.6) is 0 Å². The predicted molar refractivity (Wildman–Crippen MR) is 98.5 cm³/mol. The molecule has 0 unspecified atom stereocenters. The number of nitro benzene ring substituents is 2. The second-order valence-electron chi connectivity index (χ2n) is 6.58. The molecule has 0 atom stereocenters. The summed E-state index contributed by atoms with van der Waals surface area (Å²) in [6, 6.07) is 1.91. The lowest BCUT2D eigenvalue weighted by Crippen LogP contribution is -2.34. The number of non-ortho nitro benzene ring substituents is 1. The largest absolute Gasteiger partial charge is 0.465 e. The molecular weight excluding hydrogens is 370 g/mol. The van der Waals surface area contributed by atoms with Gasteiger partial charge in [0.15, 0.2) is 0 Å². The number of carbonyl (C=O) groups excluding carboxylic acids is 1. The van der Waals surface area contributed by atoms with Crippen LogP contribution in [-0.2, 0) is 11.8 Å². The van der Waals surface area contributed by atoms with Gasteiger partial charge >= 0.3 is 5.97 Å². The van der Waals surface area contributed by atoms with E-state index in [0.717, 1.165) is 24.8 Å². The standard InChI is InChI=1S/C17H19N5O6/c1-19-10-12(9-18-19)11-3-5-20(6-4-11)16-14(17(23)28-2)7-13(21(24)25)8-15(16)22(26)27/h7-11H,3-6H2,1-2H3. The first-order valence-corrected chi connectivity index (χ1v) is 8.60. The maximum Gasteiger partial charge on any atom is 0.340 e. The van der Waals surface area contributed by atoms with E-state index in [9.17, 15) is 25.0 Å². The molecule has 0 amide bonds. The molecule has 0 bridgehead atoms. The van der Waals surface area contributed by atoms with Crippen LogP contribution in [0.4, 0.5) is 17.1 Å². The van der Waals surface area contributed by atoms with Crippen molar-refractivity contribution in [3.63, 3.8) is 0 Å². The molecule has 2 heterocycles. The smallest absolute Gasteiger partial charge is 0.340 e. The van der Waals surface area contributed by atoms with E-state index in [1.165, 1.54) is 0 Å². The van der Waals surface area contributed by atoms with E-state index in [2.05, 4.69) is 5.10 Å². The minimum atomic E-state index is -0.851. The molecule has 1 aromatic heterocycles. The van der Waals surface area contributed by atoms with Crippen molar-refractivity contribution in [2.75, 3.05) is 25.1 Å². The Balaban J connectivity index is 1.97. The maximum absolute atomic E-state index is 12.2. The predicted octanol–water partition coefficient (Wildman–Crippen LogP) is 2.41. The normalized spacial score (nSPS) is 14.7. The first-order valence-electron chi connectivity index (χ1n) is 8.60. The number of hydrogen-bond acceptors (Lipinski definition) is 8. The van der Waals surface area contributed by atoms with Crippen molar-refractivity contribution in [3.8, 4) is 0 Å². The maximum atomic E-state index is 12.2. The Morgan fingerprint density at radius 3 is 2.39 bits per heavy atom. The minimum absolute atomic E-state index is 0.0621. The first kappa shape index (κ1) is 19.3. The molecule has 0 saturated carbocycles. The van der Waals surface area contributed by atoms with E-state index >= 15 is 0 Å². The minimum Gasteiger partial charge on any atom is -0.465 e. The van der Waals surface area contributed by atoms with Gasteiger partial charge in [0.25, 0.3) is 11.4 Å². The summed E-state index contributed by atoms with van der Waals surface area (Å²) in [5.74, 6) is -0.597. The van der Waals surface area contributed by atoms with Gasteiger partial charge in [-0.05, 0) is 24.3 Å². The lowest BCUT2D eigenvalue weighted by Gasteiger charge is -2.33. The summed E-state index contributed by atoms with van der Waals surface area (Å²) < 4.78 is 6.43. The van der Waals surface area contributed by atoms with Gasteiger partial charge in [-0.25, -0.2) is 4.79 Å². The zero-order valence-electron chi connectivity index (χ0n) is 15.4. The van der Waals surface area contributed by atoms with E-state index in [0.29, 0.717) is 25.9 Å². The van der Waals surface area contributed by atoms with Crippen LogP contribution in [0.15, 0.2) is 24.5 Å². The third-order valence-corrected chi connectivity index (χ3v) is 4.89. The van der Waals surface area contributed by atoms with Gasteiger partial charge in [-0.3, -0.25) is 24.9 Å². The molecule has 1 saturated heterocycles. The average molecular weight is 389 g/mol. The van der Waals surface area contributed by atoms with E-state index in [1.807, 2.05) is 13.2 Å². The number of aromatic nitrogens is 2. The second kappa shape index (κ2) is 7.62. The third kappa shape index (κ3) is 3.63. The SMILES string of the molecule is COC(=O)c1cc([N+](=O)[O-])cc([N+](=O)[O-])c1N1CCC(c2cnn(C)c2)CC1. The molecule has 1 aliphatic rings. The van der Waals surface area contributed by atoms with Crippen molar-refractivity contribution < 1.29 is 19.4 Å². The zero-order chi connectivity index (χ0) is 20.4. The van der Waals surface area contributed by atoms with Crippen molar-refractivity contribution in [1.29, 1.82) is 0 Å². The summed E-state index contributed by atoms with van der Waals surface area (Å²) in [7, 11) is 2.97. The highest BCUT2D eigenvalue weighted by atomic mass is 16.6. The molecule has 3 rings (SSSR count). The topological polar surface area (TPSA) is 134 Å². The van der Waals surface area contributed by atoms with E-state index in [1.54, 1.807) is 15.8 Å². The molecule has 11 heteroatoms. The van der Waals surface area contributed by atoms with Gasteiger partial charge in [-0.2, -0.15) is 5.10 Å². The number of nitrogens with zero attached hydrogens (tertiary/aromatic N) is 5. The molecule has 0 spiro atoms. The third-order valence-electron chi connectivity index (χ3n) is 4.89. The molecule has 1 fully saturated rings. The summed E-state index contributed by atoms with van der Waals surface area (Å²) >= 11 is 0. The number of ether oxygens (including phenoxy) is 1. The Morgan fingerprint density at radius 1 is 1.21 bits per heavy atom. The Hall–Kier alpha value is -3.50. The zero-order valence-corrected chi connectivity index (χ0v) is 15.4. The molecule has 11 nitrogen and oxygen atoms in total. The van der Waals surface area contributed by atoms with Gasteiger partial charge in [-0.15, -0.1) is 0 Å². The van der Waals surface area contributed by atoms with Crippen LogP contribution in [0.2, 0.25) is 0 Å². The van der Waals surface area contributed by atoms with Crippen molar-refractivity contribution >= 4 is 23.0 Å². The number of rotatable bonds is 5. The number of aryl methyl sites for hydroxylation is 1. The van der Waals surface area contributed by atoms with Crippen LogP contribution in [0, 0.1) is 20.2 Å². The van der Waals surface area contributed by atoms with Crippen LogP contribution in [0.3, 0.4) is 0 Å². The van der Waals surface area contributed by atoms with Crippen molar-refractivity contribution in [3.05, 3.63) is 55.9 Å². The monoisotopic (exact) mass is 389 g/mol. The highest BCUT2D eigenvalue weighted by Crippen LogP contribution is 2.39. The highest BCUT2D eigenvalue weighted by molar-refractivity contribution is 5.99. The summed E-state index contributed by atoms with van der Waals surface area (Å²) in [5, 5.41) is 26.9. The van der Waals surface area contributed by atoms with Crippen LogP contribution in [0.25, 0.3) is 0 Å². The molecule has 148 valence electrons. The second-order valence-corrected chi connectivity index (χ2v) is 6.58. The van der Waals surface area contributed by atoms with Crippen LogP contribution in [0.1, 0.15) is 34.7 Å². The van der Waals surface area contributed by atoms with E-state index in [4.69, 9.17) is 4.74 Å². The Bertz CT molecular complexity index is 932. The van der Waals surface area contributed by atoms with Crippen molar-refractivity contribution in [2.24, 2.45) is 7.05 Å². The van der Waals surface area contributed by atoms with Gasteiger partial charge < -0.3 is 9.64 Å². The fourth-order valence-corrected chi connectivity index (χ4v) is 3.53. The number of esters is 1. The van der Waals surface area contributed by atoms with E-state index < -0.39 is 27.2 Å². The molecule has 0 N–H and O–H groups in total. The molecular formula is C17H19N5O6. The number of methoxy groups -OCH3 is 1. The molecule has 2 aromatic rings. The molecule has 28 heavy (non-hydrogen) atoms. The fourth-order valence-electron chi connectivity index (χ4n) is 3.53. The van der Waals surface area contributed by atoms with Gasteiger partial charge in [0.2, 0.25) is 0 Å². The van der Waals surface area contributed by atoms with Crippen molar-refractivity contribution in [1.82, 2.24) is 9.78 Å². The van der Waals surface area contributed by atoms with Gasteiger partial charge in [0.1, 0.15) is 5.69 Å².